The van der Waals surface area contributed by atoms with Crippen LogP contribution in [0.4, 0.5) is 10.8 Å². The summed E-state index contributed by atoms with van der Waals surface area (Å²) in [7, 11) is 1.65. The van der Waals surface area contributed by atoms with Crippen LogP contribution in [0.25, 0.3) is 10.2 Å². The van der Waals surface area contributed by atoms with E-state index in [0.717, 1.165) is 26.8 Å². The molecule has 1 amide bonds. The van der Waals surface area contributed by atoms with Gasteiger partial charge in [-0.05, 0) is 24.3 Å². The number of benzene rings is 2. The van der Waals surface area contributed by atoms with Crippen LogP contribution in [0, 0.1) is 5.92 Å². The maximum absolute atomic E-state index is 12.3. The summed E-state index contributed by atoms with van der Waals surface area (Å²) in [5, 5.41) is 3.92. The maximum atomic E-state index is 12.3. The standard InChI is InChI=1S/C18H17N3O2S/c1-23-14-7-8-16-15(9-14)20-18(24-16)21-10-12(11-21)17(22)19-13-5-3-2-4-6-13/h2-9,12H,10-11H2,1H3,(H,19,22). The number of carbonyl (C=O) groups excluding carboxylic acids is 1. The van der Waals surface area contributed by atoms with E-state index in [2.05, 4.69) is 15.2 Å². The van der Waals surface area contributed by atoms with Gasteiger partial charge in [-0.2, -0.15) is 0 Å². The first-order valence-electron chi connectivity index (χ1n) is 7.78. The molecule has 4 rings (SSSR count). The zero-order valence-electron chi connectivity index (χ0n) is 13.2. The van der Waals surface area contributed by atoms with Crippen LogP contribution in [0.15, 0.2) is 48.5 Å². The van der Waals surface area contributed by atoms with E-state index >= 15 is 0 Å². The van der Waals surface area contributed by atoms with Crippen molar-refractivity contribution < 1.29 is 9.53 Å². The van der Waals surface area contributed by atoms with Crippen LogP contribution in [0.5, 0.6) is 5.75 Å². The summed E-state index contributed by atoms with van der Waals surface area (Å²) in [6.45, 7) is 1.41. The predicted molar refractivity (Wildman–Crippen MR) is 96.9 cm³/mol. The van der Waals surface area contributed by atoms with E-state index in [9.17, 15) is 4.79 Å². The van der Waals surface area contributed by atoms with Gasteiger partial charge in [-0.25, -0.2) is 4.98 Å². The number of fused-ring (bicyclic) bond motifs is 1. The van der Waals surface area contributed by atoms with Gasteiger partial charge in [0.05, 0.1) is 23.2 Å². The van der Waals surface area contributed by atoms with E-state index in [1.807, 2.05) is 48.5 Å². The van der Waals surface area contributed by atoms with Crippen molar-refractivity contribution >= 4 is 38.3 Å². The number of hydrogen-bond donors (Lipinski definition) is 1. The molecule has 3 aromatic rings. The Kier molecular flexibility index (Phi) is 3.82. The molecule has 1 aliphatic heterocycles. The number of aromatic nitrogens is 1. The van der Waals surface area contributed by atoms with Crippen molar-refractivity contribution in [3.63, 3.8) is 0 Å². The summed E-state index contributed by atoms with van der Waals surface area (Å²) >= 11 is 1.65. The van der Waals surface area contributed by atoms with Gasteiger partial charge in [0.1, 0.15) is 5.75 Å². The molecule has 0 unspecified atom stereocenters. The Morgan fingerprint density at radius 3 is 2.79 bits per heavy atom. The van der Waals surface area contributed by atoms with Gasteiger partial charge in [0, 0.05) is 24.8 Å². The van der Waals surface area contributed by atoms with Crippen LogP contribution in [0.1, 0.15) is 0 Å². The van der Waals surface area contributed by atoms with Crippen LogP contribution in [0.2, 0.25) is 0 Å². The Morgan fingerprint density at radius 2 is 2.04 bits per heavy atom. The molecule has 0 atom stereocenters. The molecule has 0 aliphatic carbocycles. The lowest BCUT2D eigenvalue weighted by Gasteiger charge is -2.37. The minimum absolute atomic E-state index is 0.00625. The fourth-order valence-corrected chi connectivity index (χ4v) is 3.69. The monoisotopic (exact) mass is 339 g/mol. The third-order valence-electron chi connectivity index (χ3n) is 4.15. The summed E-state index contributed by atoms with van der Waals surface area (Å²) in [6.07, 6.45) is 0. The SMILES string of the molecule is COc1ccc2sc(N3CC(C(=O)Nc4ccccc4)C3)nc2c1. The number of thiazole rings is 1. The first-order valence-corrected chi connectivity index (χ1v) is 8.60. The molecule has 0 bridgehead atoms. The van der Waals surface area contributed by atoms with Crippen LogP contribution >= 0.6 is 11.3 Å². The van der Waals surface area contributed by atoms with Gasteiger partial charge < -0.3 is 15.0 Å². The Bertz CT molecular complexity index is 872. The van der Waals surface area contributed by atoms with Crippen molar-refractivity contribution in [2.45, 2.75) is 0 Å². The lowest BCUT2D eigenvalue weighted by Crippen LogP contribution is -2.52. The van der Waals surface area contributed by atoms with Gasteiger partial charge in [0.15, 0.2) is 5.13 Å². The maximum Gasteiger partial charge on any atom is 0.231 e. The zero-order valence-corrected chi connectivity index (χ0v) is 14.0. The highest BCUT2D eigenvalue weighted by atomic mass is 32.1. The Labute approximate surface area is 143 Å². The largest absolute Gasteiger partial charge is 0.497 e. The number of carbonyl (C=O) groups is 1. The number of nitrogens with one attached hydrogen (secondary N) is 1. The highest BCUT2D eigenvalue weighted by molar-refractivity contribution is 7.22. The topological polar surface area (TPSA) is 54.5 Å². The van der Waals surface area contributed by atoms with Crippen molar-refractivity contribution in [2.24, 2.45) is 5.92 Å². The molecular weight excluding hydrogens is 322 g/mol. The van der Waals surface area contributed by atoms with Crippen molar-refractivity contribution in [2.75, 3.05) is 30.4 Å². The Balaban J connectivity index is 1.41. The molecule has 24 heavy (non-hydrogen) atoms. The molecular formula is C18H17N3O2S. The van der Waals surface area contributed by atoms with Crippen LogP contribution < -0.4 is 15.0 Å². The number of rotatable bonds is 4. The lowest BCUT2D eigenvalue weighted by molar-refractivity contribution is -0.120. The van der Waals surface area contributed by atoms with Gasteiger partial charge in [0.2, 0.25) is 5.91 Å². The Hall–Kier alpha value is -2.60. The molecule has 0 saturated carbocycles. The number of anilines is 2. The molecule has 0 radical (unpaired) electrons. The highest BCUT2D eigenvalue weighted by Gasteiger charge is 2.34. The molecule has 1 fully saturated rings. The summed E-state index contributed by atoms with van der Waals surface area (Å²) in [6, 6.07) is 15.5. The van der Waals surface area contributed by atoms with Crippen LogP contribution in [0.3, 0.4) is 0 Å². The fraction of sp³-hybridized carbons (Fsp3) is 0.222. The summed E-state index contributed by atoms with van der Waals surface area (Å²) < 4.78 is 6.36. The molecule has 1 saturated heterocycles. The van der Waals surface area contributed by atoms with Crippen molar-refractivity contribution in [3.8, 4) is 5.75 Å². The smallest absolute Gasteiger partial charge is 0.231 e. The number of para-hydroxylation sites is 1. The van der Waals surface area contributed by atoms with E-state index in [0.29, 0.717) is 13.1 Å². The third-order valence-corrected chi connectivity index (χ3v) is 5.24. The van der Waals surface area contributed by atoms with Gasteiger partial charge in [-0.1, -0.05) is 29.5 Å². The van der Waals surface area contributed by atoms with E-state index in [-0.39, 0.29) is 11.8 Å². The normalized spacial score (nSPS) is 14.5. The van der Waals surface area contributed by atoms with Gasteiger partial charge in [-0.3, -0.25) is 4.79 Å². The zero-order chi connectivity index (χ0) is 16.5. The highest BCUT2D eigenvalue weighted by Crippen LogP contribution is 2.34. The molecule has 1 aliphatic rings. The van der Waals surface area contributed by atoms with E-state index in [1.54, 1.807) is 18.4 Å². The molecule has 2 aromatic carbocycles. The quantitative estimate of drug-likeness (QED) is 0.792. The molecule has 6 heteroatoms. The van der Waals surface area contributed by atoms with Crippen molar-refractivity contribution in [3.05, 3.63) is 48.5 Å². The van der Waals surface area contributed by atoms with E-state index in [4.69, 9.17) is 4.74 Å². The molecule has 0 spiro atoms. The van der Waals surface area contributed by atoms with Gasteiger partial charge in [-0.15, -0.1) is 0 Å². The molecule has 1 N–H and O–H groups in total. The van der Waals surface area contributed by atoms with Gasteiger partial charge in [0.25, 0.3) is 0 Å². The second-order valence-electron chi connectivity index (χ2n) is 5.79. The molecule has 2 heterocycles. The first kappa shape index (κ1) is 15.0. The van der Waals surface area contributed by atoms with Crippen molar-refractivity contribution in [1.82, 2.24) is 4.98 Å². The summed E-state index contributed by atoms with van der Waals surface area (Å²) in [4.78, 5) is 19.1. The minimum atomic E-state index is 0.00625. The first-order chi connectivity index (χ1) is 11.7. The number of ether oxygens (including phenoxy) is 1. The lowest BCUT2D eigenvalue weighted by atomic mass is 10.00. The van der Waals surface area contributed by atoms with Gasteiger partial charge >= 0.3 is 0 Å². The van der Waals surface area contributed by atoms with E-state index < -0.39 is 0 Å². The fourth-order valence-electron chi connectivity index (χ4n) is 2.72. The number of hydrogen-bond acceptors (Lipinski definition) is 5. The summed E-state index contributed by atoms with van der Waals surface area (Å²) in [5.74, 6) is 0.884. The third kappa shape index (κ3) is 2.80. The second-order valence-corrected chi connectivity index (χ2v) is 6.80. The average molecular weight is 339 g/mol. The van der Waals surface area contributed by atoms with Crippen LogP contribution in [-0.4, -0.2) is 31.1 Å². The van der Waals surface area contributed by atoms with E-state index in [1.165, 1.54) is 0 Å². The predicted octanol–water partition coefficient (Wildman–Crippen LogP) is 3.38. The molecule has 122 valence electrons. The second kappa shape index (κ2) is 6.13. The molecule has 1 aromatic heterocycles. The number of nitrogens with zero attached hydrogens (tertiary/aromatic N) is 2. The average Bonchev–Trinajstić information content (AvgIpc) is 2.96. The summed E-state index contributed by atoms with van der Waals surface area (Å²) in [5.41, 5.74) is 1.78. The van der Waals surface area contributed by atoms with Crippen molar-refractivity contribution in [1.29, 1.82) is 0 Å². The number of amides is 1. The molecule has 5 nitrogen and oxygen atoms in total. The Morgan fingerprint density at radius 1 is 1.25 bits per heavy atom. The van der Waals surface area contributed by atoms with Crippen LogP contribution in [-0.2, 0) is 4.79 Å². The minimum Gasteiger partial charge on any atom is -0.497 e. The number of methoxy groups -OCH3 is 1.